The molecule has 0 saturated heterocycles. The van der Waals surface area contributed by atoms with Crippen LogP contribution in [0.1, 0.15) is 69.6 Å². The minimum Gasteiger partial charge on any atom is -0.618 e. The van der Waals surface area contributed by atoms with Gasteiger partial charge >= 0.3 is 63.2 Å². The van der Waals surface area contributed by atoms with Gasteiger partial charge in [-0.2, -0.15) is 91.4 Å². The van der Waals surface area contributed by atoms with Crippen molar-refractivity contribution >= 4 is 50.7 Å². The molecule has 0 spiro atoms. The second kappa shape index (κ2) is 43.8. The number of hydrogen-bond acceptors (Lipinski definition) is 11. The Balaban J connectivity index is 0.000000136. The van der Waals surface area contributed by atoms with Crippen molar-refractivity contribution in [3.05, 3.63) is 443 Å². The van der Waals surface area contributed by atoms with Crippen molar-refractivity contribution < 1.29 is 63.2 Å². The van der Waals surface area contributed by atoms with Crippen molar-refractivity contribution in [2.24, 2.45) is 0 Å². The molecule has 21 rings (SSSR count). The van der Waals surface area contributed by atoms with Gasteiger partial charge in [0.2, 0.25) is 0 Å². The van der Waals surface area contributed by atoms with Crippen LogP contribution in [0, 0.1) is 77.2 Å². The SMILES string of the molecule is CC(C)(C)c1cc[c-]c(-c2nnc[n-]2)c1.CN1[CH-]N(c2[c-]cc(-c3ccc(-c4ccccc4)cc3)cc2)c2ccccc21.CN1[CH-]N(c2[c-]cc(-c3ccc(-c4ccccc4)cc3)cc2)c2ccccc21.Cc1cc(-c2ccccc2)cc(C)c1-c1c[c-]c(N2C=CN(C)[CH-]2)cc1.Cc1cc[c-]c(-c2nc(C(C)(C)C)n[n-]2)c1.[Pt+4].[Pt+4].[Pt+4].[c-]1ccccc1-c1[n-]nc2ccccc12. The van der Waals surface area contributed by atoms with E-state index in [9.17, 15) is 0 Å². The molecular weight excluding hydrogens is 2150 g/mol. The number of aryl methyl sites for hydroxylation is 3. The first-order valence-corrected chi connectivity index (χ1v) is 42.7. The molecule has 0 amide bonds. The third-order valence-electron chi connectivity index (χ3n) is 22.1. The van der Waals surface area contributed by atoms with E-state index < -0.39 is 0 Å². The molecule has 0 atom stereocenters. The fraction of sp³-hybridized carbons (Fsp3) is 0.123. The molecular formula is C114H98N14Pt3. The summed E-state index contributed by atoms with van der Waals surface area (Å²) < 4.78 is 0. The summed E-state index contributed by atoms with van der Waals surface area (Å²) in [6.45, 7) is 25.4. The second-order valence-corrected chi connectivity index (χ2v) is 33.6. The van der Waals surface area contributed by atoms with Gasteiger partial charge in [-0.1, -0.05) is 282 Å². The Morgan fingerprint density at radius 3 is 1.27 bits per heavy atom. The average molecular weight is 2250 g/mol. The molecule has 0 N–H and O–H groups in total. The van der Waals surface area contributed by atoms with E-state index in [-0.39, 0.29) is 74.0 Å². The fourth-order valence-electron chi connectivity index (χ4n) is 15.3. The maximum Gasteiger partial charge on any atom is 4.00 e. The first-order valence-electron chi connectivity index (χ1n) is 42.7. The molecule has 0 bridgehead atoms. The first kappa shape index (κ1) is 95.2. The summed E-state index contributed by atoms with van der Waals surface area (Å²) in [6, 6.07) is 137. The van der Waals surface area contributed by atoms with Gasteiger partial charge in [-0.15, -0.1) is 153 Å². The number of aromatic nitrogens is 8. The Morgan fingerprint density at radius 1 is 0.351 bits per heavy atom. The van der Waals surface area contributed by atoms with Gasteiger partial charge in [0.15, 0.2) is 0 Å². The third kappa shape index (κ3) is 23.5. The van der Waals surface area contributed by atoms with Crippen LogP contribution in [-0.2, 0) is 74.0 Å². The Kier molecular flexibility index (Phi) is 31.9. The van der Waals surface area contributed by atoms with Crippen molar-refractivity contribution in [3.8, 4) is 101 Å². The molecule has 131 heavy (non-hydrogen) atoms. The number of benzene rings is 15. The van der Waals surface area contributed by atoms with Crippen molar-refractivity contribution in [2.45, 2.75) is 73.1 Å². The maximum absolute atomic E-state index is 4.44. The van der Waals surface area contributed by atoms with E-state index >= 15 is 0 Å². The molecule has 6 heterocycles. The summed E-state index contributed by atoms with van der Waals surface area (Å²) in [5.41, 5.74) is 32.3. The van der Waals surface area contributed by atoms with Gasteiger partial charge in [0.25, 0.3) is 0 Å². The molecule has 0 saturated carbocycles. The molecule has 0 aliphatic carbocycles. The van der Waals surface area contributed by atoms with Crippen molar-refractivity contribution in [1.82, 2.24) is 45.5 Å². The van der Waals surface area contributed by atoms with Gasteiger partial charge in [0.05, 0.1) is 0 Å². The topological polar surface area (TPSA) is 126 Å². The van der Waals surface area contributed by atoms with E-state index in [1.54, 1.807) is 0 Å². The Bertz CT molecular complexity index is 6490. The van der Waals surface area contributed by atoms with Gasteiger partial charge in [-0.05, 0) is 128 Å². The maximum atomic E-state index is 4.44. The van der Waals surface area contributed by atoms with Crippen molar-refractivity contribution in [3.63, 3.8) is 0 Å². The minimum atomic E-state index is -0.0604. The Labute approximate surface area is 815 Å². The average Bonchev–Trinajstić information content (AvgIpc) is 1.67. The molecule has 0 radical (unpaired) electrons. The summed E-state index contributed by atoms with van der Waals surface area (Å²) >= 11 is 0. The minimum absolute atomic E-state index is 0. The van der Waals surface area contributed by atoms with Crippen LogP contribution in [0.3, 0.4) is 0 Å². The van der Waals surface area contributed by atoms with Gasteiger partial charge in [-0.25, -0.2) is 0 Å². The zero-order valence-corrected chi connectivity index (χ0v) is 81.8. The van der Waals surface area contributed by atoms with Crippen LogP contribution in [0.2, 0.25) is 0 Å². The molecule has 654 valence electrons. The molecule has 14 nitrogen and oxygen atoms in total. The molecule has 15 aromatic carbocycles. The predicted octanol–water partition coefficient (Wildman–Crippen LogP) is 26.2. The van der Waals surface area contributed by atoms with E-state index in [0.717, 1.165) is 56.2 Å². The summed E-state index contributed by atoms with van der Waals surface area (Å²) in [5, 5.41) is 25.2. The van der Waals surface area contributed by atoms with Crippen LogP contribution >= 0.6 is 0 Å². The second-order valence-electron chi connectivity index (χ2n) is 33.6. The zero-order valence-electron chi connectivity index (χ0n) is 75.0. The van der Waals surface area contributed by atoms with E-state index in [2.05, 4.69) is 439 Å². The van der Waals surface area contributed by atoms with E-state index in [1.807, 2.05) is 123 Å². The van der Waals surface area contributed by atoms with Crippen molar-refractivity contribution in [2.75, 3.05) is 45.6 Å². The number of rotatable bonds is 12. The van der Waals surface area contributed by atoms with Crippen LogP contribution in [0.25, 0.3) is 112 Å². The number of nitrogens with zero attached hydrogens (tertiary/aromatic N) is 14. The van der Waals surface area contributed by atoms with Crippen LogP contribution in [0.5, 0.6) is 0 Å². The summed E-state index contributed by atoms with van der Waals surface area (Å²) in [7, 11) is 6.16. The molecule has 3 aliphatic rings. The summed E-state index contributed by atoms with van der Waals surface area (Å²) in [4.78, 5) is 21.2. The molecule has 17 heteroatoms. The smallest absolute Gasteiger partial charge is 0.618 e. The van der Waals surface area contributed by atoms with Gasteiger partial charge in [-0.3, -0.25) is 5.10 Å². The standard InChI is InChI=1S/2C26H20N2.C24H22N2.C13H15N3.C13H8N2.C12H13N3.3Pt/c2*1-27-19-28(26-10-6-5-9-25(26)27)24-17-15-23(16-18-24)22-13-11-21(12-14-22)20-7-3-2-4-8-20;1-18-15-22(20-7-5-4-6-8-20)16-19(2)24(18)21-9-11-23(12-10-21)26-14-13-25(3)17-26;1-9-6-5-7-10(8-9)11-14-12(16-15-11)13(2,3)4;1-2-6-10(7-3-1)13-11-8-4-5-9-12(11)14-15-13;1-12(2,3)10-6-4-5-9(7-10)11-13-8-14-15-11;;;/h2*2-17,19H,1H3;4-11,13-17H,1-3H3;5-6,8H,1-4H3;1-6,8-9H;4,6-8H,1-3H3;;;/q6*-2;3*+4. The van der Waals surface area contributed by atoms with Crippen LogP contribution in [0.4, 0.5) is 39.8 Å². The number of hydrogen-bond donors (Lipinski definition) is 0. The van der Waals surface area contributed by atoms with Gasteiger partial charge in [0, 0.05) is 34.1 Å². The number of para-hydroxylation sites is 4. The van der Waals surface area contributed by atoms with Gasteiger partial charge < -0.3 is 64.9 Å². The zero-order chi connectivity index (χ0) is 88.7. The number of fused-ring (bicyclic) bond motifs is 3. The Hall–Kier alpha value is -13.3. The van der Waals surface area contributed by atoms with Crippen LogP contribution in [-0.4, -0.2) is 51.4 Å². The molecule has 3 aromatic heterocycles. The third-order valence-corrected chi connectivity index (χ3v) is 22.1. The number of anilines is 7. The van der Waals surface area contributed by atoms with Crippen molar-refractivity contribution in [1.29, 1.82) is 0 Å². The van der Waals surface area contributed by atoms with E-state index in [0.29, 0.717) is 11.6 Å². The predicted molar refractivity (Wildman–Crippen MR) is 525 cm³/mol. The quantitative estimate of drug-likeness (QED) is 0.108. The summed E-state index contributed by atoms with van der Waals surface area (Å²) in [6.07, 6.45) is 5.52. The van der Waals surface area contributed by atoms with E-state index in [4.69, 9.17) is 0 Å². The van der Waals surface area contributed by atoms with E-state index in [1.165, 1.54) is 118 Å². The monoisotopic (exact) mass is 2250 g/mol. The molecule has 3 aliphatic heterocycles. The Morgan fingerprint density at radius 2 is 0.802 bits per heavy atom. The molecule has 18 aromatic rings. The molecule has 0 unspecified atom stereocenters. The molecule has 0 fully saturated rings. The fourth-order valence-corrected chi connectivity index (χ4v) is 15.3. The van der Waals surface area contributed by atoms with Crippen LogP contribution in [0.15, 0.2) is 358 Å². The largest absolute Gasteiger partial charge is 4.00 e. The van der Waals surface area contributed by atoms with Gasteiger partial charge in [0.1, 0.15) is 0 Å². The first-order chi connectivity index (χ1) is 62.2. The normalized spacial score (nSPS) is 12.2. The summed E-state index contributed by atoms with van der Waals surface area (Å²) in [5.74, 6) is 2.08. The van der Waals surface area contributed by atoms with Crippen LogP contribution < -0.4 is 39.7 Å².